The van der Waals surface area contributed by atoms with Crippen molar-refractivity contribution in [3.05, 3.63) is 6.42 Å². The summed E-state index contributed by atoms with van der Waals surface area (Å²) in [5.74, 6) is 2.95. The molecule has 1 fully saturated rings. The van der Waals surface area contributed by atoms with E-state index in [1.807, 2.05) is 19.0 Å². The predicted octanol–water partition coefficient (Wildman–Crippen LogP) is 2.19. The first kappa shape index (κ1) is 15.6. The smallest absolute Gasteiger partial charge is 0 e. The Balaban J connectivity index is 0.00000196. The molecule has 15 heavy (non-hydrogen) atoms. The van der Waals surface area contributed by atoms with Crippen LogP contribution in [0.2, 0.25) is 0 Å². The van der Waals surface area contributed by atoms with E-state index in [2.05, 4.69) is 38.5 Å². The number of hydrogen-bond acceptors (Lipinski definition) is 1. The number of rotatable bonds is 3. The number of hydrogen-bond donors (Lipinski definition) is 0. The molecule has 0 N–H and O–H groups in total. The van der Waals surface area contributed by atoms with Crippen molar-refractivity contribution in [2.45, 2.75) is 20.8 Å². The summed E-state index contributed by atoms with van der Waals surface area (Å²) < 4.78 is 0. The van der Waals surface area contributed by atoms with E-state index in [9.17, 15) is 0 Å². The molecule has 1 rings (SSSR count). The van der Waals surface area contributed by atoms with Gasteiger partial charge in [-0.3, -0.25) is 6.34 Å². The van der Waals surface area contributed by atoms with E-state index < -0.39 is 0 Å². The van der Waals surface area contributed by atoms with E-state index in [0.29, 0.717) is 5.92 Å². The molecule has 4 unspecified atom stereocenters. The van der Waals surface area contributed by atoms with Crippen molar-refractivity contribution in [1.82, 2.24) is 4.90 Å². The molecule has 1 aliphatic carbocycles. The normalized spacial score (nSPS) is 35.5. The summed E-state index contributed by atoms with van der Waals surface area (Å²) in [5, 5.41) is 0. The van der Waals surface area contributed by atoms with Gasteiger partial charge in [0.15, 0.2) is 0 Å². The van der Waals surface area contributed by atoms with Crippen LogP contribution >= 0.6 is 0 Å². The number of nitrogens with zero attached hydrogens (tertiary/aromatic N) is 2. The molecule has 1 radical (unpaired) electrons. The van der Waals surface area contributed by atoms with Gasteiger partial charge in [-0.25, -0.2) is 0 Å². The Bertz CT molecular complexity index is 204. The Hall–Kier alpha value is 0.574. The molecule has 0 saturated heterocycles. The maximum absolute atomic E-state index is 4.32. The van der Waals surface area contributed by atoms with Gasteiger partial charge in [0.25, 0.3) is 0 Å². The summed E-state index contributed by atoms with van der Waals surface area (Å²) in [6.07, 6.45) is 5.42. The summed E-state index contributed by atoms with van der Waals surface area (Å²) >= 11 is 0. The van der Waals surface area contributed by atoms with Crippen molar-refractivity contribution in [2.24, 2.45) is 28.7 Å². The first-order valence-electron chi connectivity index (χ1n) is 5.46. The Morgan fingerprint density at radius 3 is 2.20 bits per heavy atom. The fourth-order valence-corrected chi connectivity index (χ4v) is 2.12. The monoisotopic (exact) mass is 283 g/mol. The van der Waals surface area contributed by atoms with Crippen LogP contribution in [-0.2, 0) is 32.7 Å². The largest absolute Gasteiger partial charge is 0.542 e. The zero-order valence-electron chi connectivity index (χ0n) is 10.6. The third-order valence-electron chi connectivity index (χ3n) is 3.46. The maximum atomic E-state index is 4.32. The van der Waals surface area contributed by atoms with Gasteiger partial charge in [0.1, 0.15) is 0 Å². The van der Waals surface area contributed by atoms with Crippen LogP contribution in [0.3, 0.4) is 0 Å². The first-order valence-corrected chi connectivity index (χ1v) is 5.46. The minimum Gasteiger partial charge on any atom is -0.542 e. The third-order valence-corrected chi connectivity index (χ3v) is 3.46. The molecule has 0 bridgehead atoms. The predicted molar refractivity (Wildman–Crippen MR) is 61.3 cm³/mol. The van der Waals surface area contributed by atoms with Crippen molar-refractivity contribution in [3.8, 4) is 0 Å². The van der Waals surface area contributed by atoms with Gasteiger partial charge in [-0.1, -0.05) is 32.6 Å². The molecule has 1 aliphatic rings. The van der Waals surface area contributed by atoms with Gasteiger partial charge in [-0.2, -0.15) is 5.92 Å². The van der Waals surface area contributed by atoms with Crippen molar-refractivity contribution >= 4 is 6.34 Å². The minimum absolute atomic E-state index is 0. The van der Waals surface area contributed by atoms with Crippen LogP contribution in [-0.4, -0.2) is 31.9 Å². The third kappa shape index (κ3) is 4.52. The van der Waals surface area contributed by atoms with Crippen molar-refractivity contribution < 1.29 is 32.7 Å². The molecule has 0 aliphatic heterocycles. The average molecular weight is 283 g/mol. The molecule has 3 heteroatoms. The fourth-order valence-electron chi connectivity index (χ4n) is 2.12. The molecule has 85 valence electrons. The second-order valence-electron chi connectivity index (χ2n) is 4.77. The summed E-state index contributed by atoms with van der Waals surface area (Å²) in [6.45, 7) is 7.88. The van der Waals surface area contributed by atoms with Crippen molar-refractivity contribution in [1.29, 1.82) is 0 Å². The standard InChI is InChI=1S/C12H22N2.Y/c1-9-6-12(11(3)10(9)2)7-13-8-14(4)5;/h6,9-12H,7H2,1-5H3;/q-2;. The number of aliphatic imine (C=N–C) groups is 1. The Morgan fingerprint density at radius 2 is 1.80 bits per heavy atom. The molecule has 0 aromatic heterocycles. The molecule has 0 heterocycles. The van der Waals surface area contributed by atoms with E-state index in [-0.39, 0.29) is 32.7 Å². The van der Waals surface area contributed by atoms with Crippen molar-refractivity contribution in [3.63, 3.8) is 0 Å². The van der Waals surface area contributed by atoms with Crippen LogP contribution in [0.1, 0.15) is 20.8 Å². The molecule has 0 spiro atoms. The summed E-state index contributed by atoms with van der Waals surface area (Å²) in [4.78, 5) is 6.18. The van der Waals surface area contributed by atoms with Crippen LogP contribution in [0.5, 0.6) is 0 Å². The van der Waals surface area contributed by atoms with Crippen LogP contribution < -0.4 is 0 Å². The summed E-state index contributed by atoms with van der Waals surface area (Å²) in [6, 6.07) is 0. The first-order chi connectivity index (χ1) is 6.52. The van der Waals surface area contributed by atoms with Gasteiger partial charge in [0.05, 0.1) is 0 Å². The zero-order valence-corrected chi connectivity index (χ0v) is 13.4. The van der Waals surface area contributed by atoms with Gasteiger partial charge < -0.3 is 16.3 Å². The van der Waals surface area contributed by atoms with Crippen LogP contribution in [0.25, 0.3) is 0 Å². The Morgan fingerprint density at radius 1 is 1.20 bits per heavy atom. The zero-order chi connectivity index (χ0) is 10.7. The van der Waals surface area contributed by atoms with E-state index in [4.69, 9.17) is 0 Å². The topological polar surface area (TPSA) is 15.6 Å². The SMILES string of the molecule is CC1[CH-]C(CN=[C-]N(C)C)C(C)C1C.[Y]. The average Bonchev–Trinajstić information content (AvgIpc) is 2.33. The molecule has 2 nitrogen and oxygen atoms in total. The van der Waals surface area contributed by atoms with Gasteiger partial charge in [0.2, 0.25) is 0 Å². The second kappa shape index (κ2) is 7.01. The Kier molecular flexibility index (Phi) is 7.28. The molecule has 1 saturated carbocycles. The van der Waals surface area contributed by atoms with Gasteiger partial charge in [-0.15, -0.1) is 5.92 Å². The molecule has 0 aromatic rings. The molecule has 4 atom stereocenters. The Labute approximate surface area is 120 Å². The molecule has 0 amide bonds. The second-order valence-corrected chi connectivity index (χ2v) is 4.77. The van der Waals surface area contributed by atoms with Crippen LogP contribution in [0.15, 0.2) is 4.99 Å². The van der Waals surface area contributed by atoms with Gasteiger partial charge in [-0.05, 0) is 20.6 Å². The maximum Gasteiger partial charge on any atom is 0 e. The van der Waals surface area contributed by atoms with Crippen LogP contribution in [0, 0.1) is 30.1 Å². The molecular formula is C12H22N2Y-2. The van der Waals surface area contributed by atoms with Crippen LogP contribution in [0.4, 0.5) is 0 Å². The minimum atomic E-state index is 0. The van der Waals surface area contributed by atoms with E-state index in [1.54, 1.807) is 0 Å². The van der Waals surface area contributed by atoms with Crippen molar-refractivity contribution in [2.75, 3.05) is 20.6 Å². The molecular weight excluding hydrogens is 261 g/mol. The summed E-state index contributed by atoms with van der Waals surface area (Å²) in [7, 11) is 3.91. The van der Waals surface area contributed by atoms with E-state index in [0.717, 1.165) is 24.3 Å². The van der Waals surface area contributed by atoms with Gasteiger partial charge in [0, 0.05) is 32.7 Å². The summed E-state index contributed by atoms with van der Waals surface area (Å²) in [5.41, 5.74) is 0. The fraction of sp³-hybridized carbons (Fsp3) is 0.833. The van der Waals surface area contributed by atoms with E-state index >= 15 is 0 Å². The molecule has 0 aromatic carbocycles. The van der Waals surface area contributed by atoms with Gasteiger partial charge >= 0.3 is 0 Å². The van der Waals surface area contributed by atoms with E-state index in [1.165, 1.54) is 0 Å². The quantitative estimate of drug-likeness (QED) is 0.335.